The van der Waals surface area contributed by atoms with Gasteiger partial charge in [-0.05, 0) is 36.8 Å². The standard InChI is InChI=1S/C25H25FN6.ClH/c1-18-22(17-29-30-18)24(20-5-3-2-4-6-20)31-13-15-32(16-14-31)25-23(27-11-12-28-25)19-7-9-21(26)10-8-19;/h2-12,17,24H,13-16H2,1H3,(H,29,30);1H. The average molecular weight is 465 g/mol. The molecule has 1 aliphatic rings. The van der Waals surface area contributed by atoms with Crippen LogP contribution in [-0.4, -0.2) is 51.2 Å². The molecule has 2 aromatic carbocycles. The monoisotopic (exact) mass is 464 g/mol. The Morgan fingerprint density at radius 2 is 1.61 bits per heavy atom. The number of nitrogens with one attached hydrogen (secondary N) is 1. The van der Waals surface area contributed by atoms with Crippen LogP contribution in [0.25, 0.3) is 11.3 Å². The maximum absolute atomic E-state index is 13.4. The van der Waals surface area contributed by atoms with E-state index in [9.17, 15) is 4.39 Å². The van der Waals surface area contributed by atoms with Crippen molar-refractivity contribution in [3.05, 3.63) is 95.8 Å². The van der Waals surface area contributed by atoms with Crippen LogP contribution in [0.15, 0.2) is 73.2 Å². The third-order valence-corrected chi connectivity index (χ3v) is 6.05. The van der Waals surface area contributed by atoms with Gasteiger partial charge < -0.3 is 4.90 Å². The Morgan fingerprint density at radius 3 is 2.27 bits per heavy atom. The summed E-state index contributed by atoms with van der Waals surface area (Å²) in [7, 11) is 0. The van der Waals surface area contributed by atoms with E-state index >= 15 is 0 Å². The number of aromatic amines is 1. The molecule has 2 aromatic heterocycles. The molecule has 1 unspecified atom stereocenters. The number of piperazine rings is 1. The summed E-state index contributed by atoms with van der Waals surface area (Å²) in [5.74, 6) is 0.587. The fourth-order valence-electron chi connectivity index (χ4n) is 4.42. The van der Waals surface area contributed by atoms with Gasteiger partial charge in [-0.1, -0.05) is 30.3 Å². The quantitative estimate of drug-likeness (QED) is 0.466. The Morgan fingerprint density at radius 1 is 0.909 bits per heavy atom. The highest BCUT2D eigenvalue weighted by atomic mass is 35.5. The number of aromatic nitrogens is 4. The van der Waals surface area contributed by atoms with E-state index in [-0.39, 0.29) is 24.3 Å². The molecule has 0 bridgehead atoms. The SMILES string of the molecule is Cc1[nH]ncc1C(c1ccccc1)N1CCN(c2nccnc2-c2ccc(F)cc2)CC1.Cl. The number of hydrogen-bond donors (Lipinski definition) is 1. The number of H-pyrrole nitrogens is 1. The van der Waals surface area contributed by atoms with Crippen molar-refractivity contribution in [3.8, 4) is 11.3 Å². The molecule has 0 aliphatic carbocycles. The highest BCUT2D eigenvalue weighted by molar-refractivity contribution is 5.85. The van der Waals surface area contributed by atoms with Crippen molar-refractivity contribution in [1.29, 1.82) is 0 Å². The lowest BCUT2D eigenvalue weighted by atomic mass is 9.97. The molecule has 0 radical (unpaired) electrons. The van der Waals surface area contributed by atoms with Crippen LogP contribution in [0.1, 0.15) is 22.9 Å². The molecule has 1 saturated heterocycles. The first-order valence-corrected chi connectivity index (χ1v) is 10.8. The van der Waals surface area contributed by atoms with E-state index in [0.717, 1.165) is 48.9 Å². The molecule has 1 fully saturated rings. The van der Waals surface area contributed by atoms with Crippen LogP contribution in [-0.2, 0) is 0 Å². The lowest BCUT2D eigenvalue weighted by Gasteiger charge is -2.40. The van der Waals surface area contributed by atoms with E-state index in [0.29, 0.717) is 0 Å². The van der Waals surface area contributed by atoms with E-state index in [1.807, 2.05) is 12.3 Å². The highest BCUT2D eigenvalue weighted by Crippen LogP contribution is 2.33. The van der Waals surface area contributed by atoms with E-state index < -0.39 is 0 Å². The second-order valence-electron chi connectivity index (χ2n) is 8.02. The molecule has 5 rings (SSSR count). The van der Waals surface area contributed by atoms with E-state index in [2.05, 4.69) is 61.2 Å². The Kier molecular flexibility index (Phi) is 7.01. The van der Waals surface area contributed by atoms with Crippen LogP contribution in [0.2, 0.25) is 0 Å². The number of hydrogen-bond acceptors (Lipinski definition) is 5. The number of benzene rings is 2. The molecule has 8 heteroatoms. The van der Waals surface area contributed by atoms with Gasteiger partial charge in [0.15, 0.2) is 5.82 Å². The minimum atomic E-state index is -0.255. The normalized spacial score (nSPS) is 15.2. The van der Waals surface area contributed by atoms with Crippen molar-refractivity contribution in [1.82, 2.24) is 25.1 Å². The molecule has 1 N–H and O–H groups in total. The fraction of sp³-hybridized carbons (Fsp3) is 0.240. The van der Waals surface area contributed by atoms with Crippen molar-refractivity contribution < 1.29 is 4.39 Å². The summed E-state index contributed by atoms with van der Waals surface area (Å²) >= 11 is 0. The number of rotatable bonds is 5. The summed E-state index contributed by atoms with van der Waals surface area (Å²) in [6.07, 6.45) is 5.34. The second-order valence-corrected chi connectivity index (χ2v) is 8.02. The van der Waals surface area contributed by atoms with Crippen molar-refractivity contribution in [2.24, 2.45) is 0 Å². The second kappa shape index (κ2) is 10.1. The lowest BCUT2D eigenvalue weighted by Crippen LogP contribution is -2.48. The van der Waals surface area contributed by atoms with Gasteiger partial charge in [-0.2, -0.15) is 5.10 Å². The van der Waals surface area contributed by atoms with E-state index in [1.165, 1.54) is 23.3 Å². The molecule has 6 nitrogen and oxygen atoms in total. The molecule has 33 heavy (non-hydrogen) atoms. The predicted octanol–water partition coefficient (Wildman–Crippen LogP) is 4.65. The molecule has 0 spiro atoms. The van der Waals surface area contributed by atoms with Crippen molar-refractivity contribution in [2.45, 2.75) is 13.0 Å². The summed E-state index contributed by atoms with van der Waals surface area (Å²) < 4.78 is 13.4. The molecule has 0 amide bonds. The first-order valence-electron chi connectivity index (χ1n) is 10.8. The summed E-state index contributed by atoms with van der Waals surface area (Å²) in [6, 6.07) is 17.2. The number of nitrogens with zero attached hydrogens (tertiary/aromatic N) is 5. The number of anilines is 1. The summed E-state index contributed by atoms with van der Waals surface area (Å²) in [4.78, 5) is 14.0. The molecule has 170 valence electrons. The zero-order valence-electron chi connectivity index (χ0n) is 18.4. The lowest BCUT2D eigenvalue weighted by molar-refractivity contribution is 0.211. The zero-order valence-corrected chi connectivity index (χ0v) is 19.2. The minimum Gasteiger partial charge on any atom is -0.352 e. The van der Waals surface area contributed by atoms with Gasteiger partial charge in [0.05, 0.1) is 12.2 Å². The molecule has 3 heterocycles. The van der Waals surface area contributed by atoms with Crippen molar-refractivity contribution in [2.75, 3.05) is 31.1 Å². The third kappa shape index (κ3) is 4.74. The Balaban J connectivity index is 0.00000259. The van der Waals surface area contributed by atoms with Crippen LogP contribution < -0.4 is 4.90 Å². The van der Waals surface area contributed by atoms with Crippen LogP contribution in [0.3, 0.4) is 0 Å². The van der Waals surface area contributed by atoms with Crippen molar-refractivity contribution >= 4 is 18.2 Å². The average Bonchev–Trinajstić information content (AvgIpc) is 3.26. The van der Waals surface area contributed by atoms with Gasteiger partial charge in [-0.3, -0.25) is 15.0 Å². The maximum atomic E-state index is 13.4. The van der Waals surface area contributed by atoms with Gasteiger partial charge >= 0.3 is 0 Å². The highest BCUT2D eigenvalue weighted by Gasteiger charge is 2.29. The Bertz CT molecular complexity index is 1170. The number of halogens is 2. The van der Waals surface area contributed by atoms with Gasteiger partial charge in [0.2, 0.25) is 0 Å². The van der Waals surface area contributed by atoms with Gasteiger partial charge in [0, 0.05) is 55.4 Å². The molecule has 0 saturated carbocycles. The Hall–Kier alpha value is -3.29. The van der Waals surface area contributed by atoms with Gasteiger partial charge in [-0.25, -0.2) is 9.37 Å². The van der Waals surface area contributed by atoms with E-state index in [4.69, 9.17) is 0 Å². The van der Waals surface area contributed by atoms with Gasteiger partial charge in [0.25, 0.3) is 0 Å². The van der Waals surface area contributed by atoms with Gasteiger partial charge in [-0.15, -0.1) is 12.4 Å². The maximum Gasteiger partial charge on any atom is 0.155 e. The molecular weight excluding hydrogens is 439 g/mol. The van der Waals surface area contributed by atoms with Crippen LogP contribution in [0.4, 0.5) is 10.2 Å². The van der Waals surface area contributed by atoms with Gasteiger partial charge in [0.1, 0.15) is 11.5 Å². The van der Waals surface area contributed by atoms with Crippen LogP contribution >= 0.6 is 12.4 Å². The number of aryl methyl sites for hydroxylation is 1. The molecular formula is C25H26ClFN6. The molecule has 1 atom stereocenters. The zero-order chi connectivity index (χ0) is 21.9. The summed E-state index contributed by atoms with van der Waals surface area (Å²) in [5.41, 5.74) is 5.21. The van der Waals surface area contributed by atoms with Crippen LogP contribution in [0, 0.1) is 12.7 Å². The van der Waals surface area contributed by atoms with E-state index in [1.54, 1.807) is 24.5 Å². The summed E-state index contributed by atoms with van der Waals surface area (Å²) in [5, 5.41) is 7.36. The topological polar surface area (TPSA) is 60.9 Å². The largest absolute Gasteiger partial charge is 0.352 e. The van der Waals surface area contributed by atoms with Crippen LogP contribution in [0.5, 0.6) is 0 Å². The summed E-state index contributed by atoms with van der Waals surface area (Å²) in [6.45, 7) is 5.48. The molecule has 4 aromatic rings. The minimum absolute atomic E-state index is 0. The predicted molar refractivity (Wildman–Crippen MR) is 130 cm³/mol. The fourth-order valence-corrected chi connectivity index (χ4v) is 4.42. The first kappa shape index (κ1) is 22.9. The third-order valence-electron chi connectivity index (χ3n) is 6.05. The first-order chi connectivity index (χ1) is 15.7. The Labute approximate surface area is 198 Å². The van der Waals surface area contributed by atoms with Crippen molar-refractivity contribution in [3.63, 3.8) is 0 Å². The molecule has 1 aliphatic heterocycles. The smallest absolute Gasteiger partial charge is 0.155 e.